The Bertz CT molecular complexity index is 325. The summed E-state index contributed by atoms with van der Waals surface area (Å²) in [5, 5.41) is 10.1. The molecule has 1 heterocycles. The summed E-state index contributed by atoms with van der Waals surface area (Å²) in [6.45, 7) is -0.130. The second-order valence-corrected chi connectivity index (χ2v) is 3.14. The first-order valence-corrected chi connectivity index (χ1v) is 4.47. The second-order valence-electron chi connectivity index (χ2n) is 3.14. The number of aliphatic hydroxyl groups is 1. The number of carbonyl (C=O) groups excluding carboxylic acids is 1. The lowest BCUT2D eigenvalue weighted by molar-refractivity contribution is -0.119. The maximum absolute atomic E-state index is 11.4. The summed E-state index contributed by atoms with van der Waals surface area (Å²) >= 11 is 0. The normalized spacial score (nSPS) is 21.6. The highest BCUT2D eigenvalue weighted by molar-refractivity contribution is 5.93. The van der Waals surface area contributed by atoms with E-state index in [-0.39, 0.29) is 18.9 Å². The molecule has 14 heavy (non-hydrogen) atoms. The van der Waals surface area contributed by atoms with Gasteiger partial charge in [0.2, 0.25) is 0 Å². The molecule has 0 aliphatic carbocycles. The lowest BCUT2D eigenvalue weighted by atomic mass is 10.2. The van der Waals surface area contributed by atoms with Crippen LogP contribution in [0.2, 0.25) is 0 Å². The topological polar surface area (TPSA) is 49.8 Å². The van der Waals surface area contributed by atoms with Gasteiger partial charge in [0.1, 0.15) is 6.10 Å². The summed E-state index contributed by atoms with van der Waals surface area (Å²) < 4.78 is 0. The zero-order valence-electron chi connectivity index (χ0n) is 7.59. The summed E-state index contributed by atoms with van der Waals surface area (Å²) in [6.07, 6.45) is -0.159. The summed E-state index contributed by atoms with van der Waals surface area (Å²) in [5.74, 6) is -0.116. The fraction of sp³-hybridized carbons (Fsp3) is 0.300. The number of para-hydroxylation sites is 1. The average molecular weight is 193 g/mol. The molecule has 1 aromatic carbocycles. The van der Waals surface area contributed by atoms with Gasteiger partial charge in [0, 0.05) is 0 Å². The third-order valence-corrected chi connectivity index (χ3v) is 2.08. The van der Waals surface area contributed by atoms with Crippen LogP contribution in [0.15, 0.2) is 30.3 Å². The molecule has 1 aromatic rings. The van der Waals surface area contributed by atoms with Crippen LogP contribution < -0.4 is 5.06 Å². The van der Waals surface area contributed by atoms with Gasteiger partial charge in [-0.3, -0.25) is 9.63 Å². The van der Waals surface area contributed by atoms with Crippen molar-refractivity contribution in [2.45, 2.75) is 12.5 Å². The van der Waals surface area contributed by atoms with Crippen LogP contribution in [0.4, 0.5) is 5.69 Å². The monoisotopic (exact) mass is 193 g/mol. The third-order valence-electron chi connectivity index (χ3n) is 2.08. The number of hydrogen-bond donors (Lipinski definition) is 1. The summed E-state index contributed by atoms with van der Waals surface area (Å²) in [4.78, 5) is 16.7. The van der Waals surface area contributed by atoms with Crippen LogP contribution in [0.3, 0.4) is 0 Å². The van der Waals surface area contributed by atoms with Crippen molar-refractivity contribution in [3.63, 3.8) is 0 Å². The quantitative estimate of drug-likeness (QED) is 0.752. The lowest BCUT2D eigenvalue weighted by Gasteiger charge is -2.14. The summed E-state index contributed by atoms with van der Waals surface area (Å²) in [7, 11) is 0. The average Bonchev–Trinajstić information content (AvgIpc) is 2.61. The molecule has 1 N–H and O–H groups in total. The van der Waals surface area contributed by atoms with Crippen molar-refractivity contribution in [2.75, 3.05) is 11.7 Å². The molecule has 1 aliphatic rings. The maximum atomic E-state index is 11.4. The van der Waals surface area contributed by atoms with Crippen molar-refractivity contribution in [3.05, 3.63) is 30.3 Å². The minimum Gasteiger partial charge on any atom is -0.394 e. The number of hydroxylamine groups is 1. The predicted molar refractivity (Wildman–Crippen MR) is 50.5 cm³/mol. The number of amides is 1. The Morgan fingerprint density at radius 1 is 1.43 bits per heavy atom. The van der Waals surface area contributed by atoms with Crippen LogP contribution in [0.1, 0.15) is 6.42 Å². The zero-order chi connectivity index (χ0) is 9.97. The Balaban J connectivity index is 2.17. The molecule has 0 spiro atoms. The molecule has 0 aromatic heterocycles. The molecule has 0 unspecified atom stereocenters. The highest BCUT2D eigenvalue weighted by Crippen LogP contribution is 2.22. The van der Waals surface area contributed by atoms with Gasteiger partial charge in [-0.2, -0.15) is 5.06 Å². The van der Waals surface area contributed by atoms with E-state index in [1.807, 2.05) is 18.2 Å². The predicted octanol–water partition coefficient (Wildman–Crippen LogP) is 0.716. The number of benzene rings is 1. The van der Waals surface area contributed by atoms with Crippen molar-refractivity contribution in [2.24, 2.45) is 0 Å². The van der Waals surface area contributed by atoms with E-state index in [9.17, 15) is 4.79 Å². The zero-order valence-corrected chi connectivity index (χ0v) is 7.59. The highest BCUT2D eigenvalue weighted by Gasteiger charge is 2.31. The minimum absolute atomic E-state index is 0.116. The Hall–Kier alpha value is -1.39. The van der Waals surface area contributed by atoms with Crippen molar-refractivity contribution >= 4 is 11.6 Å². The van der Waals surface area contributed by atoms with Gasteiger partial charge in [0.05, 0.1) is 18.7 Å². The molecular weight excluding hydrogens is 182 g/mol. The number of anilines is 1. The van der Waals surface area contributed by atoms with E-state index in [0.29, 0.717) is 5.69 Å². The molecule has 4 nitrogen and oxygen atoms in total. The number of rotatable bonds is 2. The molecular formula is C10H11NO3. The molecule has 74 valence electrons. The fourth-order valence-corrected chi connectivity index (χ4v) is 1.39. The summed E-state index contributed by atoms with van der Waals surface area (Å²) in [5.41, 5.74) is 0.702. The van der Waals surface area contributed by atoms with Crippen LogP contribution in [-0.4, -0.2) is 23.7 Å². The van der Waals surface area contributed by atoms with Gasteiger partial charge in [0.25, 0.3) is 5.91 Å². The van der Waals surface area contributed by atoms with Gasteiger partial charge in [-0.15, -0.1) is 0 Å². The van der Waals surface area contributed by atoms with E-state index in [1.165, 1.54) is 5.06 Å². The molecule has 4 heteroatoms. The van der Waals surface area contributed by atoms with Gasteiger partial charge >= 0.3 is 0 Å². The lowest BCUT2D eigenvalue weighted by Crippen LogP contribution is -2.23. The number of nitrogens with zero attached hydrogens (tertiary/aromatic N) is 1. The molecule has 1 fully saturated rings. The molecule has 2 rings (SSSR count). The Kier molecular flexibility index (Phi) is 2.47. The maximum Gasteiger partial charge on any atom is 0.253 e. The molecule has 0 saturated carbocycles. The van der Waals surface area contributed by atoms with E-state index in [0.717, 1.165) is 0 Å². The van der Waals surface area contributed by atoms with Gasteiger partial charge in [-0.05, 0) is 12.1 Å². The van der Waals surface area contributed by atoms with Crippen LogP contribution in [0.5, 0.6) is 0 Å². The van der Waals surface area contributed by atoms with Gasteiger partial charge < -0.3 is 5.11 Å². The number of hydrogen-bond acceptors (Lipinski definition) is 3. The first-order valence-electron chi connectivity index (χ1n) is 4.47. The molecule has 0 radical (unpaired) electrons. The Morgan fingerprint density at radius 3 is 2.71 bits per heavy atom. The number of aliphatic hydroxyl groups excluding tert-OH is 1. The molecule has 1 atom stereocenters. The van der Waals surface area contributed by atoms with E-state index >= 15 is 0 Å². The van der Waals surface area contributed by atoms with Crippen LogP contribution in [-0.2, 0) is 9.63 Å². The fourth-order valence-electron chi connectivity index (χ4n) is 1.39. The largest absolute Gasteiger partial charge is 0.394 e. The van der Waals surface area contributed by atoms with E-state index in [1.54, 1.807) is 12.1 Å². The van der Waals surface area contributed by atoms with E-state index < -0.39 is 6.10 Å². The third kappa shape index (κ3) is 1.62. The summed E-state index contributed by atoms with van der Waals surface area (Å²) in [6, 6.07) is 9.11. The van der Waals surface area contributed by atoms with E-state index in [2.05, 4.69) is 0 Å². The molecule has 1 aliphatic heterocycles. The van der Waals surface area contributed by atoms with Crippen LogP contribution in [0.25, 0.3) is 0 Å². The standard InChI is InChI=1S/C10H11NO3/c12-7-9-6-10(13)11(14-9)8-4-2-1-3-5-8/h1-5,9,12H,6-7H2/t9-/m1/s1. The van der Waals surface area contributed by atoms with Gasteiger partial charge in [0.15, 0.2) is 0 Å². The van der Waals surface area contributed by atoms with Crippen molar-refractivity contribution in [3.8, 4) is 0 Å². The first kappa shape index (κ1) is 9.18. The molecule has 0 bridgehead atoms. The van der Waals surface area contributed by atoms with Gasteiger partial charge in [-0.25, -0.2) is 0 Å². The van der Waals surface area contributed by atoms with Crippen molar-refractivity contribution in [1.82, 2.24) is 0 Å². The second kappa shape index (κ2) is 3.77. The van der Waals surface area contributed by atoms with Gasteiger partial charge in [-0.1, -0.05) is 18.2 Å². The van der Waals surface area contributed by atoms with Crippen molar-refractivity contribution < 1.29 is 14.7 Å². The Morgan fingerprint density at radius 2 is 2.14 bits per heavy atom. The molecule has 1 saturated heterocycles. The van der Waals surface area contributed by atoms with Crippen molar-refractivity contribution in [1.29, 1.82) is 0 Å². The Labute approximate surface area is 81.7 Å². The van der Waals surface area contributed by atoms with E-state index in [4.69, 9.17) is 9.94 Å². The smallest absolute Gasteiger partial charge is 0.253 e. The minimum atomic E-state index is -0.400. The number of carbonyl (C=O) groups is 1. The van der Waals surface area contributed by atoms with Crippen LogP contribution in [0, 0.1) is 0 Å². The highest BCUT2D eigenvalue weighted by atomic mass is 16.7. The van der Waals surface area contributed by atoms with Crippen LogP contribution >= 0.6 is 0 Å². The molecule has 1 amide bonds. The SMILES string of the molecule is O=C1C[C@H](CO)ON1c1ccccc1. The first-order chi connectivity index (χ1) is 6.81.